The van der Waals surface area contributed by atoms with Crippen molar-refractivity contribution in [3.8, 4) is 0 Å². The zero-order valence-corrected chi connectivity index (χ0v) is 8.57. The van der Waals surface area contributed by atoms with Crippen LogP contribution in [-0.2, 0) is 5.33 Å². The summed E-state index contributed by atoms with van der Waals surface area (Å²) in [5.74, 6) is 0. The molecule has 0 amide bonds. The molecule has 0 aliphatic rings. The number of rotatable bonds is 3. The smallest absolute Gasteiger partial charge is 0.205 e. The van der Waals surface area contributed by atoms with E-state index in [0.29, 0.717) is 5.56 Å². The van der Waals surface area contributed by atoms with Gasteiger partial charge in [0.05, 0.1) is 0 Å². The van der Waals surface area contributed by atoms with Crippen molar-refractivity contribution in [2.75, 3.05) is 0 Å². The molecule has 0 N–H and O–H groups in total. The number of hydrogen-bond acceptors (Lipinski definition) is 0. The molecule has 0 spiro atoms. The minimum absolute atomic E-state index is 0.285. The zero-order chi connectivity index (χ0) is 10.7. The Kier molecular flexibility index (Phi) is 3.92. The summed E-state index contributed by atoms with van der Waals surface area (Å²) in [4.78, 5) is 0. The van der Waals surface area contributed by atoms with Crippen LogP contribution in [0.1, 0.15) is 29.5 Å². The Morgan fingerprint density at radius 2 is 1.36 bits per heavy atom. The molecule has 78 valence electrons. The van der Waals surface area contributed by atoms with Crippen molar-refractivity contribution >= 4 is 15.9 Å². The Hall–Kier alpha value is -0.580. The molecular weight excluding hydrogens is 264 g/mol. The van der Waals surface area contributed by atoms with Crippen molar-refractivity contribution < 1.29 is 17.6 Å². The van der Waals surface area contributed by atoms with E-state index in [1.807, 2.05) is 0 Å². The van der Waals surface area contributed by atoms with E-state index in [9.17, 15) is 17.6 Å². The van der Waals surface area contributed by atoms with E-state index < -0.39 is 12.9 Å². The fraction of sp³-hybridized carbons (Fsp3) is 0.333. The van der Waals surface area contributed by atoms with E-state index in [-0.39, 0.29) is 16.5 Å². The van der Waals surface area contributed by atoms with Crippen LogP contribution in [0.15, 0.2) is 18.2 Å². The van der Waals surface area contributed by atoms with Gasteiger partial charge in [-0.3, -0.25) is 0 Å². The predicted octanol–water partition coefficient (Wildman–Crippen LogP) is 4.46. The molecule has 5 heteroatoms. The molecule has 0 heterocycles. The fourth-order valence-corrected chi connectivity index (χ4v) is 1.40. The summed E-state index contributed by atoms with van der Waals surface area (Å²) in [6.45, 7) is 0. The van der Waals surface area contributed by atoms with Crippen LogP contribution in [-0.4, -0.2) is 0 Å². The van der Waals surface area contributed by atoms with E-state index in [4.69, 9.17) is 0 Å². The molecule has 0 unspecified atom stereocenters. The Bertz CT molecular complexity index is 285. The molecule has 1 aromatic carbocycles. The molecule has 0 aliphatic heterocycles. The highest BCUT2D eigenvalue weighted by atomic mass is 79.9. The van der Waals surface area contributed by atoms with Crippen LogP contribution < -0.4 is 0 Å². The number of alkyl halides is 5. The van der Waals surface area contributed by atoms with E-state index in [0.717, 1.165) is 6.07 Å². The van der Waals surface area contributed by atoms with Crippen LogP contribution in [0, 0.1) is 0 Å². The maximum Gasteiger partial charge on any atom is 0.263 e. The van der Waals surface area contributed by atoms with Gasteiger partial charge >= 0.3 is 0 Å². The molecule has 0 saturated heterocycles. The molecule has 0 atom stereocenters. The number of hydrogen-bond donors (Lipinski definition) is 0. The van der Waals surface area contributed by atoms with Gasteiger partial charge in [-0.1, -0.05) is 15.9 Å². The Morgan fingerprint density at radius 1 is 0.929 bits per heavy atom. The lowest BCUT2D eigenvalue weighted by atomic mass is 10.1. The SMILES string of the molecule is FC(F)c1cc(CBr)cc(C(F)F)c1. The second kappa shape index (κ2) is 4.77. The van der Waals surface area contributed by atoms with Crippen molar-refractivity contribution in [3.05, 3.63) is 34.9 Å². The van der Waals surface area contributed by atoms with Gasteiger partial charge in [0, 0.05) is 16.5 Å². The van der Waals surface area contributed by atoms with Gasteiger partial charge in [0.15, 0.2) is 0 Å². The van der Waals surface area contributed by atoms with Crippen LogP contribution in [0.5, 0.6) is 0 Å². The second-order valence-corrected chi connectivity index (χ2v) is 3.30. The largest absolute Gasteiger partial charge is 0.263 e. The predicted molar refractivity (Wildman–Crippen MR) is 49.0 cm³/mol. The van der Waals surface area contributed by atoms with Gasteiger partial charge in [-0.15, -0.1) is 0 Å². The van der Waals surface area contributed by atoms with Gasteiger partial charge in [0.2, 0.25) is 0 Å². The normalized spacial score (nSPS) is 11.4. The van der Waals surface area contributed by atoms with Crippen LogP contribution in [0.4, 0.5) is 17.6 Å². The molecule has 14 heavy (non-hydrogen) atoms. The minimum Gasteiger partial charge on any atom is -0.205 e. The third kappa shape index (κ3) is 2.70. The molecule has 0 bridgehead atoms. The quantitative estimate of drug-likeness (QED) is 0.562. The van der Waals surface area contributed by atoms with Gasteiger partial charge in [-0.25, -0.2) is 17.6 Å². The highest BCUT2D eigenvalue weighted by Gasteiger charge is 2.14. The van der Waals surface area contributed by atoms with Crippen LogP contribution in [0.2, 0.25) is 0 Å². The first-order valence-corrected chi connectivity index (χ1v) is 4.92. The summed E-state index contributed by atoms with van der Waals surface area (Å²) in [5, 5.41) is 0.285. The number of benzene rings is 1. The summed E-state index contributed by atoms with van der Waals surface area (Å²) >= 11 is 3.03. The minimum atomic E-state index is -2.72. The van der Waals surface area contributed by atoms with E-state index in [2.05, 4.69) is 15.9 Å². The lowest BCUT2D eigenvalue weighted by Crippen LogP contribution is -1.93. The molecule has 1 rings (SSSR count). The molecule has 0 aromatic heterocycles. The first-order valence-electron chi connectivity index (χ1n) is 3.80. The molecule has 0 radical (unpaired) electrons. The van der Waals surface area contributed by atoms with Crippen molar-refractivity contribution in [2.45, 2.75) is 18.2 Å². The summed E-state index contributed by atoms with van der Waals surface area (Å²) in [7, 11) is 0. The maximum absolute atomic E-state index is 12.3. The van der Waals surface area contributed by atoms with E-state index in [1.54, 1.807) is 0 Å². The fourth-order valence-electron chi connectivity index (χ4n) is 1.07. The first-order chi connectivity index (χ1) is 6.54. The van der Waals surface area contributed by atoms with Gasteiger partial charge in [0.1, 0.15) is 0 Å². The molecule has 1 aromatic rings. The van der Waals surface area contributed by atoms with Gasteiger partial charge in [-0.05, 0) is 23.8 Å². The van der Waals surface area contributed by atoms with Crippen LogP contribution >= 0.6 is 15.9 Å². The average molecular weight is 271 g/mol. The van der Waals surface area contributed by atoms with Gasteiger partial charge < -0.3 is 0 Å². The third-order valence-electron chi connectivity index (χ3n) is 1.70. The van der Waals surface area contributed by atoms with Crippen molar-refractivity contribution in [1.82, 2.24) is 0 Å². The Balaban J connectivity index is 3.13. The third-order valence-corrected chi connectivity index (χ3v) is 2.34. The second-order valence-electron chi connectivity index (χ2n) is 2.74. The highest BCUT2D eigenvalue weighted by Crippen LogP contribution is 2.27. The topological polar surface area (TPSA) is 0 Å². The standard InChI is InChI=1S/C9H7BrF4/c10-4-5-1-6(8(11)12)3-7(2-5)9(13)14/h1-3,8-9H,4H2. The van der Waals surface area contributed by atoms with Gasteiger partial charge in [0.25, 0.3) is 12.9 Å². The lowest BCUT2D eigenvalue weighted by molar-refractivity contribution is 0.144. The molecule has 0 saturated carbocycles. The van der Waals surface area contributed by atoms with Gasteiger partial charge in [-0.2, -0.15) is 0 Å². The summed E-state index contributed by atoms with van der Waals surface area (Å²) in [5.41, 5.74) is -0.299. The Labute approximate surface area is 87.1 Å². The summed E-state index contributed by atoms with van der Waals surface area (Å²) in [6.07, 6.45) is -5.43. The Morgan fingerprint density at radius 3 is 1.64 bits per heavy atom. The van der Waals surface area contributed by atoms with Crippen molar-refractivity contribution in [2.24, 2.45) is 0 Å². The molecule has 0 nitrogen and oxygen atoms in total. The lowest BCUT2D eigenvalue weighted by Gasteiger charge is -2.06. The monoisotopic (exact) mass is 270 g/mol. The van der Waals surface area contributed by atoms with Crippen LogP contribution in [0.25, 0.3) is 0 Å². The summed E-state index contributed by atoms with van der Waals surface area (Å²) in [6, 6.07) is 3.26. The van der Waals surface area contributed by atoms with Crippen molar-refractivity contribution in [3.63, 3.8) is 0 Å². The van der Waals surface area contributed by atoms with E-state index >= 15 is 0 Å². The molecular formula is C9H7BrF4. The molecule has 0 aliphatic carbocycles. The van der Waals surface area contributed by atoms with Crippen LogP contribution in [0.3, 0.4) is 0 Å². The summed E-state index contributed by atoms with van der Waals surface area (Å²) < 4.78 is 49.1. The maximum atomic E-state index is 12.3. The van der Waals surface area contributed by atoms with E-state index in [1.165, 1.54) is 12.1 Å². The number of halogens is 5. The average Bonchev–Trinajstić information content (AvgIpc) is 2.16. The highest BCUT2D eigenvalue weighted by molar-refractivity contribution is 9.08. The zero-order valence-electron chi connectivity index (χ0n) is 6.98. The molecule has 0 fully saturated rings. The van der Waals surface area contributed by atoms with Crippen molar-refractivity contribution in [1.29, 1.82) is 0 Å². The first kappa shape index (κ1) is 11.5.